The second kappa shape index (κ2) is 5.40. The second-order valence-corrected chi connectivity index (χ2v) is 4.82. The molecule has 0 radical (unpaired) electrons. The number of carbonyl (C=O) groups is 2. The number of hydrogen-bond acceptors (Lipinski definition) is 4. The number of hydrogen-bond donors (Lipinski definition) is 1. The number of benzene rings is 1. The van der Waals surface area contributed by atoms with Crippen molar-refractivity contribution in [3.63, 3.8) is 0 Å². The number of amides is 1. The number of rotatable bonds is 3. The number of fused-ring (bicyclic) bond motifs is 1. The van der Waals surface area contributed by atoms with Gasteiger partial charge >= 0.3 is 0 Å². The highest BCUT2D eigenvalue weighted by Crippen LogP contribution is 2.31. The highest BCUT2D eigenvalue weighted by atomic mass is 16.5. The van der Waals surface area contributed by atoms with Crippen LogP contribution in [0.1, 0.15) is 18.9 Å². The number of ether oxygens (including phenoxy) is 1. The predicted molar refractivity (Wildman–Crippen MR) is 72.3 cm³/mol. The maximum atomic E-state index is 12.0. The molecule has 19 heavy (non-hydrogen) atoms. The smallest absolute Gasteiger partial charge is 0.247 e. The molecule has 102 valence electrons. The number of ketones is 1. The van der Waals surface area contributed by atoms with Gasteiger partial charge in [0.15, 0.2) is 0 Å². The Morgan fingerprint density at radius 2 is 2.26 bits per heavy atom. The van der Waals surface area contributed by atoms with Crippen LogP contribution in [-0.4, -0.2) is 31.4 Å². The highest BCUT2D eigenvalue weighted by molar-refractivity contribution is 5.98. The van der Waals surface area contributed by atoms with E-state index in [1.165, 1.54) is 4.90 Å². The van der Waals surface area contributed by atoms with Gasteiger partial charge in [0.1, 0.15) is 24.2 Å². The summed E-state index contributed by atoms with van der Waals surface area (Å²) in [4.78, 5) is 24.5. The van der Waals surface area contributed by atoms with Crippen LogP contribution in [0, 0.1) is 0 Å². The molecular weight excluding hydrogens is 244 g/mol. The average Bonchev–Trinajstić information content (AvgIpc) is 2.49. The van der Waals surface area contributed by atoms with E-state index in [9.17, 15) is 9.59 Å². The second-order valence-electron chi connectivity index (χ2n) is 4.82. The van der Waals surface area contributed by atoms with Crippen molar-refractivity contribution in [1.29, 1.82) is 0 Å². The van der Waals surface area contributed by atoms with Crippen LogP contribution in [0.25, 0.3) is 0 Å². The number of aryl methyl sites for hydroxylation is 1. The average molecular weight is 262 g/mol. The molecule has 1 aromatic rings. The molecule has 0 spiro atoms. The van der Waals surface area contributed by atoms with E-state index in [1.54, 1.807) is 14.0 Å². The van der Waals surface area contributed by atoms with Crippen LogP contribution in [0.5, 0.6) is 5.75 Å². The molecular formula is C14H18N2O3. The third-order valence-corrected chi connectivity index (χ3v) is 3.22. The summed E-state index contributed by atoms with van der Waals surface area (Å²) in [6, 6.07) is 4.98. The molecule has 2 rings (SSSR count). The first-order valence-electron chi connectivity index (χ1n) is 6.27. The maximum absolute atomic E-state index is 12.0. The van der Waals surface area contributed by atoms with Gasteiger partial charge in [0, 0.05) is 13.5 Å². The SMILES string of the molecule is CC(=O)CCc1ccc2c(c1)N(C)C(=O)[C@@H](N)CO2. The van der Waals surface area contributed by atoms with Crippen molar-refractivity contribution in [3.8, 4) is 5.75 Å². The molecule has 1 amide bonds. The maximum Gasteiger partial charge on any atom is 0.247 e. The molecule has 0 saturated heterocycles. The molecule has 1 aliphatic heterocycles. The highest BCUT2D eigenvalue weighted by Gasteiger charge is 2.26. The minimum absolute atomic E-state index is 0.151. The largest absolute Gasteiger partial charge is 0.489 e. The molecule has 0 aromatic heterocycles. The Kier molecular flexibility index (Phi) is 3.85. The number of nitrogens with zero attached hydrogens (tertiary/aromatic N) is 1. The first kappa shape index (κ1) is 13.5. The molecule has 1 aromatic carbocycles. The van der Waals surface area contributed by atoms with Crippen LogP contribution in [0.3, 0.4) is 0 Å². The summed E-state index contributed by atoms with van der Waals surface area (Å²) in [5, 5.41) is 0. The van der Waals surface area contributed by atoms with Crippen LogP contribution in [0.2, 0.25) is 0 Å². The number of carbonyl (C=O) groups excluding carboxylic acids is 2. The van der Waals surface area contributed by atoms with Crippen LogP contribution < -0.4 is 15.4 Å². The number of Topliss-reactive ketones (excluding diaryl/α,β-unsaturated/α-hetero) is 1. The lowest BCUT2D eigenvalue weighted by Crippen LogP contribution is -2.43. The number of nitrogens with two attached hydrogens (primary N) is 1. The molecule has 0 aliphatic carbocycles. The monoisotopic (exact) mass is 262 g/mol. The van der Waals surface area contributed by atoms with Crippen molar-refractivity contribution in [2.75, 3.05) is 18.6 Å². The van der Waals surface area contributed by atoms with Gasteiger partial charge in [-0.25, -0.2) is 0 Å². The summed E-state index contributed by atoms with van der Waals surface area (Å²) in [6.45, 7) is 1.75. The van der Waals surface area contributed by atoms with Gasteiger partial charge in [0.05, 0.1) is 5.69 Å². The Morgan fingerprint density at radius 1 is 1.53 bits per heavy atom. The zero-order valence-electron chi connectivity index (χ0n) is 11.2. The zero-order chi connectivity index (χ0) is 14.0. The lowest BCUT2D eigenvalue weighted by Gasteiger charge is -2.18. The fourth-order valence-electron chi connectivity index (χ4n) is 2.04. The summed E-state index contributed by atoms with van der Waals surface area (Å²) in [5.74, 6) is 0.635. The first-order chi connectivity index (χ1) is 8.99. The molecule has 1 atom stereocenters. The van der Waals surface area contributed by atoms with E-state index in [2.05, 4.69) is 0 Å². The van der Waals surface area contributed by atoms with Crippen LogP contribution in [-0.2, 0) is 16.0 Å². The standard InChI is InChI=1S/C14H18N2O3/c1-9(17)3-4-10-5-6-13-12(7-10)16(2)14(18)11(15)8-19-13/h5-7,11H,3-4,8,15H2,1-2H3/t11-/m0/s1. The fraction of sp³-hybridized carbons (Fsp3) is 0.429. The summed E-state index contributed by atoms with van der Waals surface area (Å²) >= 11 is 0. The van der Waals surface area contributed by atoms with E-state index in [0.717, 1.165) is 5.56 Å². The van der Waals surface area contributed by atoms with Crippen molar-refractivity contribution in [2.24, 2.45) is 5.73 Å². The molecule has 0 bridgehead atoms. The van der Waals surface area contributed by atoms with Gasteiger partial charge in [-0.2, -0.15) is 0 Å². The molecule has 0 fully saturated rings. The molecule has 5 heteroatoms. The van der Waals surface area contributed by atoms with Crippen molar-refractivity contribution >= 4 is 17.4 Å². The molecule has 0 unspecified atom stereocenters. The molecule has 1 heterocycles. The summed E-state index contributed by atoms with van der Waals surface area (Å²) in [5.41, 5.74) is 7.44. The number of likely N-dealkylation sites (N-methyl/N-ethyl adjacent to an activating group) is 1. The van der Waals surface area contributed by atoms with E-state index in [-0.39, 0.29) is 18.3 Å². The topological polar surface area (TPSA) is 72.6 Å². The Bertz CT molecular complexity index is 513. The van der Waals surface area contributed by atoms with E-state index >= 15 is 0 Å². The Balaban J connectivity index is 2.28. The number of anilines is 1. The van der Waals surface area contributed by atoms with E-state index in [0.29, 0.717) is 24.3 Å². The lowest BCUT2D eigenvalue weighted by molar-refractivity contribution is -0.120. The Morgan fingerprint density at radius 3 is 2.95 bits per heavy atom. The van der Waals surface area contributed by atoms with Gasteiger partial charge in [0.25, 0.3) is 0 Å². The van der Waals surface area contributed by atoms with Crippen molar-refractivity contribution in [1.82, 2.24) is 0 Å². The van der Waals surface area contributed by atoms with Crippen LogP contribution >= 0.6 is 0 Å². The molecule has 5 nitrogen and oxygen atoms in total. The molecule has 2 N–H and O–H groups in total. The molecule has 1 aliphatic rings. The van der Waals surface area contributed by atoms with Gasteiger partial charge in [-0.05, 0) is 31.0 Å². The minimum atomic E-state index is -0.641. The summed E-state index contributed by atoms with van der Waals surface area (Å²) < 4.78 is 5.53. The summed E-state index contributed by atoms with van der Waals surface area (Å²) in [6.07, 6.45) is 1.16. The van der Waals surface area contributed by atoms with E-state index in [4.69, 9.17) is 10.5 Å². The molecule has 0 saturated carbocycles. The van der Waals surface area contributed by atoms with E-state index in [1.807, 2.05) is 18.2 Å². The van der Waals surface area contributed by atoms with Gasteiger partial charge in [-0.3, -0.25) is 4.79 Å². The van der Waals surface area contributed by atoms with Crippen molar-refractivity contribution in [3.05, 3.63) is 23.8 Å². The van der Waals surface area contributed by atoms with E-state index < -0.39 is 6.04 Å². The Labute approximate surface area is 112 Å². The predicted octanol–water partition coefficient (Wildman–Crippen LogP) is 0.891. The lowest BCUT2D eigenvalue weighted by atomic mass is 10.1. The third-order valence-electron chi connectivity index (χ3n) is 3.22. The van der Waals surface area contributed by atoms with Gasteiger partial charge in [-0.15, -0.1) is 0 Å². The quantitative estimate of drug-likeness (QED) is 0.878. The minimum Gasteiger partial charge on any atom is -0.489 e. The zero-order valence-corrected chi connectivity index (χ0v) is 11.2. The van der Waals surface area contributed by atoms with Crippen LogP contribution in [0.15, 0.2) is 18.2 Å². The third kappa shape index (κ3) is 2.93. The van der Waals surface area contributed by atoms with Crippen LogP contribution in [0.4, 0.5) is 5.69 Å². The van der Waals surface area contributed by atoms with Crippen molar-refractivity contribution in [2.45, 2.75) is 25.8 Å². The first-order valence-corrected chi connectivity index (χ1v) is 6.27. The van der Waals surface area contributed by atoms with Gasteiger partial charge in [-0.1, -0.05) is 6.07 Å². The fourth-order valence-corrected chi connectivity index (χ4v) is 2.04. The Hall–Kier alpha value is -1.88. The van der Waals surface area contributed by atoms with Gasteiger partial charge < -0.3 is 20.2 Å². The van der Waals surface area contributed by atoms with Gasteiger partial charge in [0.2, 0.25) is 5.91 Å². The normalized spacial score (nSPS) is 18.6. The van der Waals surface area contributed by atoms with Crippen molar-refractivity contribution < 1.29 is 14.3 Å². The summed E-state index contributed by atoms with van der Waals surface area (Å²) in [7, 11) is 1.68.